The van der Waals surface area contributed by atoms with Crippen molar-refractivity contribution in [3.05, 3.63) is 83.2 Å². The van der Waals surface area contributed by atoms with Crippen LogP contribution in [0.2, 0.25) is 0 Å². The van der Waals surface area contributed by atoms with E-state index in [1.165, 1.54) is 22.5 Å². The van der Waals surface area contributed by atoms with E-state index in [2.05, 4.69) is 90.9 Å². The predicted molar refractivity (Wildman–Crippen MR) is 130 cm³/mol. The first-order valence-electron chi connectivity index (χ1n) is 11.7. The summed E-state index contributed by atoms with van der Waals surface area (Å²) in [6.07, 6.45) is 0.959. The van der Waals surface area contributed by atoms with E-state index in [1.807, 2.05) is 0 Å². The normalized spacial score (nSPS) is 14.9. The Labute approximate surface area is 190 Å². The number of nitrogens with one attached hydrogen (secondary N) is 1. The van der Waals surface area contributed by atoms with Crippen LogP contribution in [-0.2, 0) is 13.0 Å². The van der Waals surface area contributed by atoms with Gasteiger partial charge in [-0.15, -0.1) is 0 Å². The fraction of sp³-hybridized carbons (Fsp3) is 0.333. The maximum Gasteiger partial charge on any atom is 0.165 e. The summed E-state index contributed by atoms with van der Waals surface area (Å²) in [6.45, 7) is 11.9. The second-order valence-electron chi connectivity index (χ2n) is 8.81. The van der Waals surface area contributed by atoms with E-state index in [4.69, 9.17) is 10.1 Å². The van der Waals surface area contributed by atoms with Gasteiger partial charge >= 0.3 is 0 Å². The molecular weight excluding hydrogens is 394 g/mol. The van der Waals surface area contributed by atoms with Crippen molar-refractivity contribution in [2.45, 2.75) is 33.7 Å². The first-order valence-corrected chi connectivity index (χ1v) is 11.7. The van der Waals surface area contributed by atoms with Crippen LogP contribution >= 0.6 is 0 Å². The molecule has 1 N–H and O–H groups in total. The molecule has 2 aromatic heterocycles. The number of rotatable bonds is 5. The Hall–Kier alpha value is -3.18. The van der Waals surface area contributed by atoms with Gasteiger partial charge in [-0.1, -0.05) is 67.6 Å². The molecule has 0 spiro atoms. The van der Waals surface area contributed by atoms with Gasteiger partial charge in [0.1, 0.15) is 12.4 Å². The second-order valence-corrected chi connectivity index (χ2v) is 8.81. The van der Waals surface area contributed by atoms with Crippen molar-refractivity contribution in [1.82, 2.24) is 14.6 Å². The molecule has 0 amide bonds. The summed E-state index contributed by atoms with van der Waals surface area (Å²) in [5.74, 6) is 1.24. The van der Waals surface area contributed by atoms with Crippen molar-refractivity contribution in [1.29, 1.82) is 0 Å². The molecule has 5 nitrogen and oxygen atoms in total. The van der Waals surface area contributed by atoms with Crippen LogP contribution in [0.5, 0.6) is 0 Å². The number of piperazine rings is 1. The van der Waals surface area contributed by atoms with Crippen molar-refractivity contribution >= 4 is 11.5 Å². The molecule has 0 radical (unpaired) electrons. The molecule has 0 aliphatic carbocycles. The Balaban J connectivity index is 1.50. The number of hydrogen-bond acceptors (Lipinski definition) is 3. The lowest BCUT2D eigenvalue weighted by atomic mass is 10.1. The van der Waals surface area contributed by atoms with E-state index in [0.717, 1.165) is 61.7 Å². The highest BCUT2D eigenvalue weighted by Crippen LogP contribution is 2.32. The Morgan fingerprint density at radius 1 is 0.875 bits per heavy atom. The molecule has 0 saturated carbocycles. The maximum atomic E-state index is 5.04. The summed E-state index contributed by atoms with van der Waals surface area (Å²) in [5, 5.41) is 5.01. The molecule has 1 aliphatic rings. The Bertz CT molecular complexity index is 1210. The van der Waals surface area contributed by atoms with Crippen molar-refractivity contribution in [3.8, 4) is 11.1 Å². The van der Waals surface area contributed by atoms with Crippen LogP contribution in [0.1, 0.15) is 29.4 Å². The molecule has 0 unspecified atom stereocenters. The van der Waals surface area contributed by atoms with E-state index in [1.54, 1.807) is 4.90 Å². The number of nitrogens with zero attached hydrogens (tertiary/aromatic N) is 4. The summed E-state index contributed by atoms with van der Waals surface area (Å²) in [5.41, 5.74) is 8.17. The van der Waals surface area contributed by atoms with Gasteiger partial charge in [0.05, 0.1) is 31.9 Å². The highest BCUT2D eigenvalue weighted by Gasteiger charge is 2.27. The van der Waals surface area contributed by atoms with E-state index in [-0.39, 0.29) is 0 Å². The lowest BCUT2D eigenvalue weighted by Crippen LogP contribution is -3.13. The van der Waals surface area contributed by atoms with Crippen molar-refractivity contribution in [2.24, 2.45) is 0 Å². The van der Waals surface area contributed by atoms with Gasteiger partial charge in [0.2, 0.25) is 0 Å². The fourth-order valence-corrected chi connectivity index (χ4v) is 5.06. The minimum absolute atomic E-state index is 0.959. The SMILES string of the molecule is CCc1c(C)nc2c(-c3ccccc3)c(C)nn2c1N1CC[NH+](Cc2ccccc2)CC1. The Kier molecular flexibility index (Phi) is 5.66. The molecule has 5 heteroatoms. The van der Waals surface area contributed by atoms with Crippen molar-refractivity contribution < 1.29 is 4.90 Å². The van der Waals surface area contributed by atoms with Gasteiger partial charge in [0.25, 0.3) is 0 Å². The molecule has 32 heavy (non-hydrogen) atoms. The first-order chi connectivity index (χ1) is 15.7. The Morgan fingerprint density at radius 2 is 1.53 bits per heavy atom. The zero-order chi connectivity index (χ0) is 22.1. The van der Waals surface area contributed by atoms with Crippen molar-refractivity contribution in [2.75, 3.05) is 31.1 Å². The molecule has 5 rings (SSSR count). The van der Waals surface area contributed by atoms with Gasteiger partial charge in [0.15, 0.2) is 5.65 Å². The highest BCUT2D eigenvalue weighted by molar-refractivity contribution is 5.81. The van der Waals surface area contributed by atoms with E-state index < -0.39 is 0 Å². The molecule has 3 heterocycles. The quantitative estimate of drug-likeness (QED) is 0.531. The monoisotopic (exact) mass is 426 g/mol. The molecule has 1 aliphatic heterocycles. The minimum atomic E-state index is 0.959. The van der Waals surface area contributed by atoms with Crippen molar-refractivity contribution in [3.63, 3.8) is 0 Å². The largest absolute Gasteiger partial charge is 0.345 e. The van der Waals surface area contributed by atoms with Crippen LogP contribution in [0.3, 0.4) is 0 Å². The van der Waals surface area contributed by atoms with E-state index in [0.29, 0.717) is 0 Å². The van der Waals surface area contributed by atoms with E-state index >= 15 is 0 Å². The van der Waals surface area contributed by atoms with Gasteiger partial charge in [-0.3, -0.25) is 0 Å². The topological polar surface area (TPSA) is 37.9 Å². The fourth-order valence-electron chi connectivity index (χ4n) is 5.06. The number of quaternary nitrogens is 1. The summed E-state index contributed by atoms with van der Waals surface area (Å²) in [7, 11) is 0. The molecule has 2 aromatic carbocycles. The summed E-state index contributed by atoms with van der Waals surface area (Å²) in [4.78, 5) is 9.22. The number of aryl methyl sites for hydroxylation is 2. The maximum absolute atomic E-state index is 5.04. The second kappa shape index (κ2) is 8.75. The van der Waals surface area contributed by atoms with E-state index in [9.17, 15) is 0 Å². The number of benzene rings is 2. The van der Waals surface area contributed by atoms with Crippen LogP contribution in [0.15, 0.2) is 60.7 Å². The minimum Gasteiger partial charge on any atom is -0.345 e. The van der Waals surface area contributed by atoms with Crippen LogP contribution in [0.4, 0.5) is 5.82 Å². The average Bonchev–Trinajstić information content (AvgIpc) is 3.15. The smallest absolute Gasteiger partial charge is 0.165 e. The molecular formula is C27H32N5+. The van der Waals surface area contributed by atoms with Gasteiger partial charge in [0, 0.05) is 22.4 Å². The Morgan fingerprint density at radius 3 is 2.19 bits per heavy atom. The third kappa shape index (κ3) is 3.78. The van der Waals surface area contributed by atoms with Gasteiger partial charge < -0.3 is 9.80 Å². The third-order valence-corrected chi connectivity index (χ3v) is 6.70. The van der Waals surface area contributed by atoms with Crippen LogP contribution < -0.4 is 9.80 Å². The number of aromatic nitrogens is 3. The van der Waals surface area contributed by atoms with Gasteiger partial charge in [-0.2, -0.15) is 9.61 Å². The zero-order valence-corrected chi connectivity index (χ0v) is 19.3. The number of anilines is 1. The molecule has 4 aromatic rings. The standard InChI is InChI=1S/C27H31N5/c1-4-24-20(2)28-26-25(23-13-9-6-10-14-23)21(3)29-32(26)27(24)31-17-15-30(16-18-31)19-22-11-7-5-8-12-22/h5-14H,4,15-19H2,1-3H3/p+1. The molecule has 0 bridgehead atoms. The van der Waals surface area contributed by atoms with Gasteiger partial charge in [-0.25, -0.2) is 4.98 Å². The van der Waals surface area contributed by atoms with Crippen LogP contribution in [0.25, 0.3) is 16.8 Å². The lowest BCUT2D eigenvalue weighted by Gasteiger charge is -2.35. The molecule has 164 valence electrons. The molecule has 0 atom stereocenters. The third-order valence-electron chi connectivity index (χ3n) is 6.70. The number of fused-ring (bicyclic) bond motifs is 1. The van der Waals surface area contributed by atoms with Crippen LogP contribution in [-0.4, -0.2) is 40.8 Å². The summed E-state index contributed by atoms with van der Waals surface area (Å²) in [6, 6.07) is 21.4. The number of hydrogen-bond donors (Lipinski definition) is 1. The highest BCUT2D eigenvalue weighted by atomic mass is 15.4. The molecule has 1 fully saturated rings. The van der Waals surface area contributed by atoms with Crippen LogP contribution in [0, 0.1) is 13.8 Å². The predicted octanol–water partition coefficient (Wildman–Crippen LogP) is 3.48. The molecule has 1 saturated heterocycles. The summed E-state index contributed by atoms with van der Waals surface area (Å²) < 4.78 is 2.12. The first kappa shape index (κ1) is 20.7. The average molecular weight is 427 g/mol. The summed E-state index contributed by atoms with van der Waals surface area (Å²) >= 11 is 0. The zero-order valence-electron chi connectivity index (χ0n) is 19.3. The van der Waals surface area contributed by atoms with Gasteiger partial charge in [-0.05, 0) is 25.8 Å². The lowest BCUT2D eigenvalue weighted by molar-refractivity contribution is -0.914.